The Morgan fingerprint density at radius 1 is 1.38 bits per heavy atom. The number of ketones is 1. The lowest BCUT2D eigenvalue weighted by molar-refractivity contribution is 0.0997. The number of nitriles is 1. The molecule has 4 heteroatoms. The molecular formula is C9H5Br2NO. The van der Waals surface area contributed by atoms with Gasteiger partial charge in [0.1, 0.15) is 0 Å². The standard InChI is InChI=1S/C9H5Br2NO/c10-7-2-1-6(5-8(7)11)9(13)3-4-12/h1-2,5H,3H2. The second-order valence-electron chi connectivity index (χ2n) is 2.39. The van der Waals surface area contributed by atoms with E-state index in [1.54, 1.807) is 18.2 Å². The summed E-state index contributed by atoms with van der Waals surface area (Å²) in [5.74, 6) is -0.157. The van der Waals surface area contributed by atoms with Gasteiger partial charge in [0.05, 0.1) is 12.5 Å². The molecule has 0 aliphatic heterocycles. The number of rotatable bonds is 2. The van der Waals surface area contributed by atoms with Crippen LogP contribution >= 0.6 is 31.9 Å². The Morgan fingerprint density at radius 2 is 2.08 bits per heavy atom. The maximum atomic E-state index is 11.2. The summed E-state index contributed by atoms with van der Waals surface area (Å²) < 4.78 is 1.71. The number of hydrogen-bond acceptors (Lipinski definition) is 2. The molecule has 1 aromatic rings. The highest BCUT2D eigenvalue weighted by molar-refractivity contribution is 9.13. The highest BCUT2D eigenvalue weighted by atomic mass is 79.9. The monoisotopic (exact) mass is 301 g/mol. The third kappa shape index (κ3) is 2.64. The van der Waals surface area contributed by atoms with E-state index in [0.717, 1.165) is 8.95 Å². The van der Waals surface area contributed by atoms with Crippen LogP contribution in [0.25, 0.3) is 0 Å². The lowest BCUT2D eigenvalue weighted by atomic mass is 10.1. The van der Waals surface area contributed by atoms with Crippen LogP contribution in [0, 0.1) is 11.3 Å². The first-order valence-electron chi connectivity index (χ1n) is 3.50. The zero-order valence-electron chi connectivity index (χ0n) is 6.55. The van der Waals surface area contributed by atoms with Gasteiger partial charge >= 0.3 is 0 Å². The Balaban J connectivity index is 2.98. The Labute approximate surface area is 92.8 Å². The molecule has 0 atom stereocenters. The van der Waals surface area contributed by atoms with E-state index < -0.39 is 0 Å². The van der Waals surface area contributed by atoms with Crippen molar-refractivity contribution < 1.29 is 4.79 Å². The summed E-state index contributed by atoms with van der Waals surface area (Å²) in [4.78, 5) is 11.2. The maximum Gasteiger partial charge on any atom is 0.176 e. The van der Waals surface area contributed by atoms with Crippen LogP contribution in [-0.4, -0.2) is 5.78 Å². The van der Waals surface area contributed by atoms with Crippen molar-refractivity contribution in [1.82, 2.24) is 0 Å². The molecule has 0 unspecified atom stereocenters. The van der Waals surface area contributed by atoms with Gasteiger partial charge < -0.3 is 0 Å². The third-order valence-corrected chi connectivity index (χ3v) is 3.36. The largest absolute Gasteiger partial charge is 0.293 e. The molecule has 2 nitrogen and oxygen atoms in total. The fourth-order valence-electron chi connectivity index (χ4n) is 0.843. The Hall–Kier alpha value is -0.660. The molecule has 0 aliphatic carbocycles. The van der Waals surface area contributed by atoms with Gasteiger partial charge in [-0.05, 0) is 44.0 Å². The van der Waals surface area contributed by atoms with E-state index in [2.05, 4.69) is 31.9 Å². The second-order valence-corrected chi connectivity index (χ2v) is 4.10. The van der Waals surface area contributed by atoms with Gasteiger partial charge in [0.15, 0.2) is 5.78 Å². The summed E-state index contributed by atoms with van der Waals surface area (Å²) in [5, 5.41) is 8.33. The number of Topliss-reactive ketones (excluding diaryl/α,β-unsaturated/α-hetero) is 1. The molecule has 66 valence electrons. The minimum absolute atomic E-state index is 0.0753. The molecule has 1 aromatic carbocycles. The van der Waals surface area contributed by atoms with Crippen molar-refractivity contribution in [3.63, 3.8) is 0 Å². The lowest BCUT2D eigenvalue weighted by Gasteiger charge is -1.99. The molecule has 0 aliphatic rings. The fourth-order valence-corrected chi connectivity index (χ4v) is 1.47. The highest BCUT2D eigenvalue weighted by Crippen LogP contribution is 2.24. The molecule has 0 aromatic heterocycles. The van der Waals surface area contributed by atoms with Gasteiger partial charge in [0.25, 0.3) is 0 Å². The number of carbonyl (C=O) groups is 1. The minimum atomic E-state index is -0.157. The summed E-state index contributed by atoms with van der Waals surface area (Å²) in [6.07, 6.45) is -0.0753. The first kappa shape index (κ1) is 10.4. The van der Waals surface area contributed by atoms with Crippen molar-refractivity contribution in [3.05, 3.63) is 32.7 Å². The van der Waals surface area contributed by atoms with Gasteiger partial charge in [-0.3, -0.25) is 4.79 Å². The summed E-state index contributed by atoms with van der Waals surface area (Å²) in [6, 6.07) is 6.98. The Bertz CT molecular complexity index is 382. The lowest BCUT2D eigenvalue weighted by Crippen LogP contribution is -1.96. The van der Waals surface area contributed by atoms with E-state index in [9.17, 15) is 4.79 Å². The molecule has 0 saturated carbocycles. The van der Waals surface area contributed by atoms with Gasteiger partial charge in [0.2, 0.25) is 0 Å². The maximum absolute atomic E-state index is 11.2. The molecule has 0 fully saturated rings. The minimum Gasteiger partial charge on any atom is -0.293 e. The first-order valence-corrected chi connectivity index (χ1v) is 5.09. The van der Waals surface area contributed by atoms with Crippen molar-refractivity contribution in [1.29, 1.82) is 5.26 Å². The van der Waals surface area contributed by atoms with Crippen LogP contribution in [0.15, 0.2) is 27.1 Å². The number of benzene rings is 1. The van der Waals surface area contributed by atoms with Gasteiger partial charge in [-0.25, -0.2) is 0 Å². The van der Waals surface area contributed by atoms with Crippen molar-refractivity contribution >= 4 is 37.6 Å². The van der Waals surface area contributed by atoms with Crippen LogP contribution in [0.2, 0.25) is 0 Å². The van der Waals surface area contributed by atoms with Crippen molar-refractivity contribution in [2.45, 2.75) is 6.42 Å². The predicted molar refractivity (Wildman–Crippen MR) is 56.4 cm³/mol. The number of nitrogens with zero attached hydrogens (tertiary/aromatic N) is 1. The zero-order chi connectivity index (χ0) is 9.84. The van der Waals surface area contributed by atoms with Crippen LogP contribution in [0.4, 0.5) is 0 Å². The zero-order valence-corrected chi connectivity index (χ0v) is 9.72. The molecule has 0 heterocycles. The topological polar surface area (TPSA) is 40.9 Å². The van der Waals surface area contributed by atoms with Gasteiger partial charge in [-0.2, -0.15) is 5.26 Å². The third-order valence-electron chi connectivity index (χ3n) is 1.48. The van der Waals surface area contributed by atoms with Crippen LogP contribution in [0.1, 0.15) is 16.8 Å². The molecule has 1 rings (SSSR count). The molecule has 13 heavy (non-hydrogen) atoms. The quantitative estimate of drug-likeness (QED) is 0.786. The van der Waals surface area contributed by atoms with Crippen LogP contribution in [-0.2, 0) is 0 Å². The number of hydrogen-bond donors (Lipinski definition) is 0. The molecular weight excluding hydrogens is 298 g/mol. The smallest absolute Gasteiger partial charge is 0.176 e. The summed E-state index contributed by atoms with van der Waals surface area (Å²) in [5.41, 5.74) is 0.552. The highest BCUT2D eigenvalue weighted by Gasteiger charge is 2.06. The fraction of sp³-hybridized carbons (Fsp3) is 0.111. The van der Waals surface area contributed by atoms with Crippen LogP contribution in [0.3, 0.4) is 0 Å². The average molecular weight is 303 g/mol. The molecule has 0 saturated heterocycles. The molecule has 0 amide bonds. The van der Waals surface area contributed by atoms with Crippen molar-refractivity contribution in [2.75, 3.05) is 0 Å². The van der Waals surface area contributed by atoms with E-state index >= 15 is 0 Å². The van der Waals surface area contributed by atoms with Crippen molar-refractivity contribution in [3.8, 4) is 6.07 Å². The first-order chi connectivity index (χ1) is 6.15. The summed E-state index contributed by atoms with van der Waals surface area (Å²) in [7, 11) is 0. The van der Waals surface area contributed by atoms with Gasteiger partial charge in [0, 0.05) is 14.5 Å². The molecule has 0 radical (unpaired) electrons. The van der Waals surface area contributed by atoms with Gasteiger partial charge in [-0.1, -0.05) is 6.07 Å². The van der Waals surface area contributed by atoms with Gasteiger partial charge in [-0.15, -0.1) is 0 Å². The van der Waals surface area contributed by atoms with E-state index in [1.807, 2.05) is 6.07 Å². The van der Waals surface area contributed by atoms with Crippen molar-refractivity contribution in [2.24, 2.45) is 0 Å². The van der Waals surface area contributed by atoms with E-state index in [0.29, 0.717) is 5.56 Å². The summed E-state index contributed by atoms with van der Waals surface area (Å²) >= 11 is 6.58. The SMILES string of the molecule is N#CCC(=O)c1ccc(Br)c(Br)c1. The second kappa shape index (κ2) is 4.54. The van der Waals surface area contributed by atoms with E-state index in [4.69, 9.17) is 5.26 Å². The summed E-state index contributed by atoms with van der Waals surface area (Å²) in [6.45, 7) is 0. The molecule has 0 N–H and O–H groups in total. The van der Waals surface area contributed by atoms with Crippen LogP contribution in [0.5, 0.6) is 0 Å². The Kier molecular flexibility index (Phi) is 3.64. The van der Waals surface area contributed by atoms with Crippen LogP contribution < -0.4 is 0 Å². The van der Waals surface area contributed by atoms with E-state index in [-0.39, 0.29) is 12.2 Å². The van der Waals surface area contributed by atoms with E-state index in [1.165, 1.54) is 0 Å². The average Bonchev–Trinajstić information content (AvgIpc) is 2.10. The predicted octanol–water partition coefficient (Wildman–Crippen LogP) is 3.31. The molecule has 0 spiro atoms. The normalized spacial score (nSPS) is 9.31. The molecule has 0 bridgehead atoms. The number of halogens is 2. The Morgan fingerprint density at radius 3 is 2.62 bits per heavy atom. The number of carbonyl (C=O) groups excluding carboxylic acids is 1.